The summed E-state index contributed by atoms with van der Waals surface area (Å²) in [5, 5.41) is 5.15. The Morgan fingerprint density at radius 3 is 1.74 bits per heavy atom. The quantitative estimate of drug-likeness (QED) is 0.498. The Kier molecular flexibility index (Phi) is 7.58. The van der Waals surface area contributed by atoms with Gasteiger partial charge < -0.3 is 0 Å². The Hall–Kier alpha value is -1.37. The molecule has 0 amide bonds. The van der Waals surface area contributed by atoms with Crippen LogP contribution in [0.4, 0.5) is 0 Å². The van der Waals surface area contributed by atoms with Crippen molar-refractivity contribution in [3.63, 3.8) is 0 Å². The SMILES string of the molecule is CCCCCCCCNP(=O)(c1ccccc1)c1ccccc1. The van der Waals surface area contributed by atoms with E-state index in [0.29, 0.717) is 0 Å². The van der Waals surface area contributed by atoms with E-state index in [1.807, 2.05) is 60.7 Å². The third-order valence-electron chi connectivity index (χ3n) is 4.10. The molecule has 2 aromatic carbocycles. The summed E-state index contributed by atoms with van der Waals surface area (Å²) >= 11 is 0. The smallest absolute Gasteiger partial charge is 0.204 e. The van der Waals surface area contributed by atoms with E-state index in [0.717, 1.165) is 23.6 Å². The number of unbranched alkanes of at least 4 members (excludes halogenated alkanes) is 5. The minimum Gasteiger partial charge on any atom is -0.297 e. The molecule has 0 unspecified atom stereocenters. The topological polar surface area (TPSA) is 29.1 Å². The van der Waals surface area contributed by atoms with Crippen LogP contribution in [0.25, 0.3) is 0 Å². The number of benzene rings is 2. The van der Waals surface area contributed by atoms with Gasteiger partial charge in [-0.1, -0.05) is 75.4 Å². The summed E-state index contributed by atoms with van der Waals surface area (Å²) in [4.78, 5) is 0. The maximum Gasteiger partial charge on any atom is 0.204 e. The van der Waals surface area contributed by atoms with Crippen LogP contribution in [0, 0.1) is 0 Å². The van der Waals surface area contributed by atoms with Crippen LogP contribution in [0.1, 0.15) is 45.4 Å². The van der Waals surface area contributed by atoms with Crippen molar-refractivity contribution in [1.82, 2.24) is 5.09 Å². The molecule has 0 heterocycles. The summed E-state index contributed by atoms with van der Waals surface area (Å²) < 4.78 is 13.6. The van der Waals surface area contributed by atoms with E-state index in [2.05, 4.69) is 12.0 Å². The molecule has 124 valence electrons. The molecule has 2 nitrogen and oxygen atoms in total. The fraction of sp³-hybridized carbons (Fsp3) is 0.400. The molecule has 0 bridgehead atoms. The normalized spacial score (nSPS) is 11.5. The van der Waals surface area contributed by atoms with Crippen LogP contribution in [0.5, 0.6) is 0 Å². The molecule has 2 aromatic rings. The van der Waals surface area contributed by atoms with Gasteiger partial charge in [-0.25, -0.2) is 0 Å². The minimum absolute atomic E-state index is 0.799. The zero-order valence-electron chi connectivity index (χ0n) is 14.1. The van der Waals surface area contributed by atoms with Crippen molar-refractivity contribution in [2.75, 3.05) is 6.54 Å². The highest BCUT2D eigenvalue weighted by atomic mass is 31.2. The first kappa shape index (κ1) is 18.0. The third kappa shape index (κ3) is 5.34. The number of nitrogens with one attached hydrogen (secondary N) is 1. The Morgan fingerprint density at radius 1 is 0.739 bits per heavy atom. The monoisotopic (exact) mass is 329 g/mol. The zero-order valence-corrected chi connectivity index (χ0v) is 15.0. The largest absolute Gasteiger partial charge is 0.297 e. The zero-order chi connectivity index (χ0) is 16.4. The van der Waals surface area contributed by atoms with E-state index >= 15 is 0 Å². The molecular weight excluding hydrogens is 301 g/mol. The lowest BCUT2D eigenvalue weighted by atomic mass is 10.1. The molecule has 0 radical (unpaired) electrons. The van der Waals surface area contributed by atoms with E-state index in [1.165, 1.54) is 32.1 Å². The van der Waals surface area contributed by atoms with Crippen molar-refractivity contribution in [3.8, 4) is 0 Å². The summed E-state index contributed by atoms with van der Waals surface area (Å²) in [5.41, 5.74) is 0. The van der Waals surface area contributed by atoms with Gasteiger partial charge in [0.2, 0.25) is 7.29 Å². The first-order chi connectivity index (χ1) is 11.3. The lowest BCUT2D eigenvalue weighted by Crippen LogP contribution is -2.28. The van der Waals surface area contributed by atoms with Gasteiger partial charge in [0.15, 0.2) is 0 Å². The second-order valence-electron chi connectivity index (χ2n) is 5.96. The molecule has 0 aliphatic rings. The van der Waals surface area contributed by atoms with Crippen LogP contribution >= 0.6 is 7.29 Å². The Morgan fingerprint density at radius 2 is 1.22 bits per heavy atom. The number of hydrogen-bond donors (Lipinski definition) is 1. The summed E-state index contributed by atoms with van der Waals surface area (Å²) in [6, 6.07) is 19.6. The molecule has 0 aliphatic heterocycles. The van der Waals surface area contributed by atoms with Gasteiger partial charge in [-0.05, 0) is 30.7 Å². The Labute approximate surface area is 140 Å². The van der Waals surface area contributed by atoms with Crippen LogP contribution in [-0.2, 0) is 4.57 Å². The van der Waals surface area contributed by atoms with Gasteiger partial charge in [0.05, 0.1) is 0 Å². The van der Waals surface area contributed by atoms with E-state index < -0.39 is 7.29 Å². The summed E-state index contributed by atoms with van der Waals surface area (Å²) in [7, 11) is -2.74. The van der Waals surface area contributed by atoms with Crippen molar-refractivity contribution in [2.24, 2.45) is 0 Å². The summed E-state index contributed by atoms with van der Waals surface area (Å²) in [6.45, 7) is 3.03. The van der Waals surface area contributed by atoms with Crippen LogP contribution in [0.15, 0.2) is 60.7 Å². The second kappa shape index (κ2) is 9.70. The Balaban J connectivity index is 2.00. The van der Waals surface area contributed by atoms with Crippen LogP contribution in [-0.4, -0.2) is 6.54 Å². The van der Waals surface area contributed by atoms with Crippen molar-refractivity contribution >= 4 is 17.9 Å². The molecular formula is C20H28NOP. The number of rotatable bonds is 10. The lowest BCUT2D eigenvalue weighted by Gasteiger charge is -2.20. The molecule has 23 heavy (non-hydrogen) atoms. The van der Waals surface area contributed by atoms with Gasteiger partial charge in [-0.15, -0.1) is 0 Å². The first-order valence-corrected chi connectivity index (χ1v) is 10.4. The highest BCUT2D eigenvalue weighted by Gasteiger charge is 2.25. The minimum atomic E-state index is -2.74. The predicted octanol–water partition coefficient (Wildman–Crippen LogP) is 4.87. The van der Waals surface area contributed by atoms with Crippen molar-refractivity contribution in [3.05, 3.63) is 60.7 Å². The lowest BCUT2D eigenvalue weighted by molar-refractivity contribution is 0.568. The fourth-order valence-corrected chi connectivity index (χ4v) is 5.07. The molecule has 3 heteroatoms. The maximum atomic E-state index is 13.6. The van der Waals surface area contributed by atoms with Crippen LogP contribution < -0.4 is 15.7 Å². The molecule has 0 fully saturated rings. The van der Waals surface area contributed by atoms with Crippen LogP contribution in [0.2, 0.25) is 0 Å². The van der Waals surface area contributed by atoms with Crippen molar-refractivity contribution in [2.45, 2.75) is 45.4 Å². The van der Waals surface area contributed by atoms with E-state index in [-0.39, 0.29) is 0 Å². The second-order valence-corrected chi connectivity index (χ2v) is 8.52. The van der Waals surface area contributed by atoms with Gasteiger partial charge >= 0.3 is 0 Å². The maximum absolute atomic E-state index is 13.6. The van der Waals surface area contributed by atoms with Crippen molar-refractivity contribution in [1.29, 1.82) is 0 Å². The van der Waals surface area contributed by atoms with Gasteiger partial charge in [0.1, 0.15) is 0 Å². The summed E-state index contributed by atoms with van der Waals surface area (Å²) in [5.74, 6) is 0. The molecule has 2 rings (SSSR count). The average Bonchev–Trinajstić information content (AvgIpc) is 2.62. The van der Waals surface area contributed by atoms with E-state index in [1.54, 1.807) is 0 Å². The average molecular weight is 329 g/mol. The van der Waals surface area contributed by atoms with Gasteiger partial charge in [-0.2, -0.15) is 0 Å². The molecule has 1 N–H and O–H groups in total. The van der Waals surface area contributed by atoms with E-state index in [9.17, 15) is 4.57 Å². The highest BCUT2D eigenvalue weighted by Crippen LogP contribution is 2.38. The van der Waals surface area contributed by atoms with E-state index in [4.69, 9.17) is 0 Å². The van der Waals surface area contributed by atoms with Crippen molar-refractivity contribution < 1.29 is 4.57 Å². The number of hydrogen-bond acceptors (Lipinski definition) is 1. The standard InChI is InChI=1S/C20H28NOP/c1-2-3-4-5-6-13-18-21-23(22,19-14-9-7-10-15-19)20-16-11-8-12-17-20/h7-12,14-17H,2-6,13,18H2,1H3,(H,21,22). The fourth-order valence-electron chi connectivity index (χ4n) is 2.75. The van der Waals surface area contributed by atoms with Gasteiger partial charge in [-0.3, -0.25) is 9.65 Å². The van der Waals surface area contributed by atoms with Gasteiger partial charge in [0.25, 0.3) is 0 Å². The highest BCUT2D eigenvalue weighted by molar-refractivity contribution is 7.76. The van der Waals surface area contributed by atoms with Crippen LogP contribution in [0.3, 0.4) is 0 Å². The van der Waals surface area contributed by atoms with Gasteiger partial charge in [0, 0.05) is 17.2 Å². The summed E-state index contributed by atoms with van der Waals surface area (Å²) in [6.07, 6.45) is 7.46. The first-order valence-electron chi connectivity index (χ1n) is 8.74. The predicted molar refractivity (Wildman–Crippen MR) is 101 cm³/mol. The third-order valence-corrected chi connectivity index (χ3v) is 6.82. The molecule has 0 aliphatic carbocycles. The molecule has 0 saturated heterocycles. The molecule has 0 aromatic heterocycles. The Bertz CT molecular complexity index is 554. The molecule has 0 saturated carbocycles. The molecule has 0 spiro atoms. The molecule has 0 atom stereocenters.